The predicted molar refractivity (Wildman–Crippen MR) is 74.8 cm³/mol. The number of carbonyl (C=O) groups excluding carboxylic acids is 1. The summed E-state index contributed by atoms with van der Waals surface area (Å²) in [5.41, 5.74) is 1.10. The van der Waals surface area contributed by atoms with Gasteiger partial charge in [0.05, 0.1) is 12.1 Å². The summed E-state index contributed by atoms with van der Waals surface area (Å²) in [4.78, 5) is 16.7. The normalized spacial score (nSPS) is 12.6. The first kappa shape index (κ1) is 13.2. The molecule has 0 saturated carbocycles. The van der Waals surface area contributed by atoms with Gasteiger partial charge in [0.1, 0.15) is 5.01 Å². The van der Waals surface area contributed by atoms with E-state index in [0.717, 1.165) is 10.4 Å². The lowest BCUT2D eigenvalue weighted by Crippen LogP contribution is -2.03. The van der Waals surface area contributed by atoms with Gasteiger partial charge in [0.25, 0.3) is 0 Å². The molecule has 2 aromatic rings. The largest absolute Gasteiger partial charge is 0.464 e. The van der Waals surface area contributed by atoms with Crippen molar-refractivity contribution in [1.82, 2.24) is 4.98 Å². The fourth-order valence-electron chi connectivity index (χ4n) is 1.90. The zero-order valence-electron chi connectivity index (χ0n) is 10.7. The molecule has 0 fully saturated rings. The van der Waals surface area contributed by atoms with Crippen LogP contribution in [0.5, 0.6) is 11.5 Å². The van der Waals surface area contributed by atoms with Crippen molar-refractivity contribution >= 4 is 28.9 Å². The zero-order chi connectivity index (χ0) is 14.3. The minimum atomic E-state index is -0.447. The maximum Gasteiger partial charge on any atom is 0.357 e. The number of fused-ring (bicyclic) bond motifs is 1. The summed E-state index contributed by atoms with van der Waals surface area (Å²) in [5.74, 6) is 0.675. The van der Waals surface area contributed by atoms with E-state index in [1.165, 1.54) is 18.4 Å². The molecule has 2 heterocycles. The van der Waals surface area contributed by atoms with Crippen LogP contribution in [0.1, 0.15) is 15.4 Å². The number of halogens is 1. The van der Waals surface area contributed by atoms with Gasteiger partial charge in [-0.25, -0.2) is 9.78 Å². The number of esters is 1. The number of hydrogen-bond acceptors (Lipinski definition) is 6. The lowest BCUT2D eigenvalue weighted by atomic mass is 10.2. The van der Waals surface area contributed by atoms with E-state index in [1.807, 2.05) is 6.92 Å². The minimum absolute atomic E-state index is 0.156. The number of methoxy groups -OCH3 is 1. The molecule has 1 aromatic carbocycles. The zero-order valence-corrected chi connectivity index (χ0v) is 12.3. The number of thiazole rings is 1. The Morgan fingerprint density at radius 1 is 1.45 bits per heavy atom. The topological polar surface area (TPSA) is 57.7 Å². The van der Waals surface area contributed by atoms with Gasteiger partial charge in [0.15, 0.2) is 17.2 Å². The van der Waals surface area contributed by atoms with Crippen LogP contribution in [0.4, 0.5) is 0 Å². The molecule has 0 aliphatic carbocycles. The number of hydrogen-bond donors (Lipinski definition) is 0. The molecule has 7 heteroatoms. The predicted octanol–water partition coefficient (Wildman–Crippen LogP) is 3.29. The molecule has 3 rings (SSSR count). The van der Waals surface area contributed by atoms with Crippen molar-refractivity contribution in [2.75, 3.05) is 13.9 Å². The Bertz CT molecular complexity index is 698. The number of rotatable bonds is 2. The average Bonchev–Trinajstić information content (AvgIpc) is 3.04. The van der Waals surface area contributed by atoms with Gasteiger partial charge in [0.2, 0.25) is 6.79 Å². The summed E-state index contributed by atoms with van der Waals surface area (Å²) in [6, 6.07) is 3.54. The smallest absolute Gasteiger partial charge is 0.357 e. The molecule has 20 heavy (non-hydrogen) atoms. The fraction of sp³-hybridized carbons (Fsp3) is 0.231. The third-order valence-electron chi connectivity index (χ3n) is 2.85. The second-order valence-corrected chi connectivity index (χ2v) is 5.72. The molecular formula is C13H10ClNO4S. The van der Waals surface area contributed by atoms with Gasteiger partial charge < -0.3 is 14.2 Å². The van der Waals surface area contributed by atoms with Crippen molar-refractivity contribution in [2.24, 2.45) is 0 Å². The molecule has 0 N–H and O–H groups in total. The Kier molecular flexibility index (Phi) is 3.27. The van der Waals surface area contributed by atoms with Crippen LogP contribution in [0.25, 0.3) is 10.6 Å². The van der Waals surface area contributed by atoms with Gasteiger partial charge in [-0.1, -0.05) is 11.6 Å². The molecule has 104 valence electrons. The fourth-order valence-corrected chi connectivity index (χ4v) is 3.05. The third-order valence-corrected chi connectivity index (χ3v) is 4.15. The van der Waals surface area contributed by atoms with Crippen LogP contribution < -0.4 is 9.47 Å². The van der Waals surface area contributed by atoms with Crippen molar-refractivity contribution in [3.63, 3.8) is 0 Å². The van der Waals surface area contributed by atoms with E-state index in [-0.39, 0.29) is 6.79 Å². The van der Waals surface area contributed by atoms with E-state index in [1.54, 1.807) is 12.1 Å². The van der Waals surface area contributed by atoms with Crippen LogP contribution in [-0.2, 0) is 4.74 Å². The van der Waals surface area contributed by atoms with Gasteiger partial charge in [-0.05, 0) is 19.1 Å². The first-order valence-electron chi connectivity index (χ1n) is 5.75. The van der Waals surface area contributed by atoms with E-state index in [0.29, 0.717) is 27.2 Å². The van der Waals surface area contributed by atoms with Crippen molar-refractivity contribution < 1.29 is 19.0 Å². The first-order chi connectivity index (χ1) is 9.60. The molecule has 5 nitrogen and oxygen atoms in total. The number of carbonyl (C=O) groups is 1. The molecule has 1 aromatic heterocycles. The number of nitrogens with zero attached hydrogens (tertiary/aromatic N) is 1. The molecule has 0 spiro atoms. The summed E-state index contributed by atoms with van der Waals surface area (Å²) in [7, 11) is 1.33. The van der Waals surface area contributed by atoms with Crippen molar-refractivity contribution in [1.29, 1.82) is 0 Å². The summed E-state index contributed by atoms with van der Waals surface area (Å²) in [6.45, 7) is 1.98. The highest BCUT2D eigenvalue weighted by molar-refractivity contribution is 7.15. The standard InChI is InChI=1S/C13H10ClNO4S/c1-6-10(13(16)17-2)15-12(20-6)7-3-8(14)11-9(4-7)18-5-19-11/h3-4H,5H2,1-2H3. The van der Waals surface area contributed by atoms with Crippen molar-refractivity contribution in [3.8, 4) is 22.1 Å². The van der Waals surface area contributed by atoms with E-state index >= 15 is 0 Å². The summed E-state index contributed by atoms with van der Waals surface area (Å²) >= 11 is 7.54. The van der Waals surface area contributed by atoms with Crippen LogP contribution in [0, 0.1) is 6.92 Å². The third kappa shape index (κ3) is 2.10. The Hall–Kier alpha value is -1.79. The van der Waals surface area contributed by atoms with Gasteiger partial charge in [0, 0.05) is 10.4 Å². The Labute approximate surface area is 124 Å². The molecule has 0 amide bonds. The highest BCUT2D eigenvalue weighted by atomic mass is 35.5. The van der Waals surface area contributed by atoms with Crippen LogP contribution in [0.3, 0.4) is 0 Å². The van der Waals surface area contributed by atoms with Gasteiger partial charge in [-0.3, -0.25) is 0 Å². The highest BCUT2D eigenvalue weighted by Crippen LogP contribution is 2.43. The van der Waals surface area contributed by atoms with E-state index in [9.17, 15) is 4.79 Å². The second-order valence-electron chi connectivity index (χ2n) is 4.11. The lowest BCUT2D eigenvalue weighted by molar-refractivity contribution is 0.0594. The second kappa shape index (κ2) is 4.96. The number of ether oxygens (including phenoxy) is 3. The van der Waals surface area contributed by atoms with Crippen LogP contribution in [0.2, 0.25) is 5.02 Å². The number of aryl methyl sites for hydroxylation is 1. The SMILES string of the molecule is COC(=O)c1nc(-c2cc(Cl)c3c(c2)OCO3)sc1C. The minimum Gasteiger partial charge on any atom is -0.464 e. The van der Waals surface area contributed by atoms with Gasteiger partial charge in [-0.2, -0.15) is 0 Å². The Morgan fingerprint density at radius 2 is 2.25 bits per heavy atom. The molecule has 1 aliphatic rings. The van der Waals surface area contributed by atoms with Crippen LogP contribution in [-0.4, -0.2) is 24.9 Å². The van der Waals surface area contributed by atoms with Crippen molar-refractivity contribution in [2.45, 2.75) is 6.92 Å². The number of benzene rings is 1. The lowest BCUT2D eigenvalue weighted by Gasteiger charge is -2.02. The summed E-state index contributed by atoms with van der Waals surface area (Å²) in [5, 5.41) is 1.14. The monoisotopic (exact) mass is 311 g/mol. The Morgan fingerprint density at radius 3 is 3.00 bits per heavy atom. The van der Waals surface area contributed by atoms with Gasteiger partial charge >= 0.3 is 5.97 Å². The molecule has 0 bridgehead atoms. The molecule has 0 radical (unpaired) electrons. The van der Waals surface area contributed by atoms with E-state index < -0.39 is 5.97 Å². The highest BCUT2D eigenvalue weighted by Gasteiger charge is 2.22. The molecule has 0 unspecified atom stereocenters. The maximum absolute atomic E-state index is 11.6. The quantitative estimate of drug-likeness (QED) is 0.797. The molecule has 1 aliphatic heterocycles. The summed E-state index contributed by atoms with van der Waals surface area (Å²) < 4.78 is 15.3. The average molecular weight is 312 g/mol. The molecule has 0 atom stereocenters. The Balaban J connectivity index is 2.06. The van der Waals surface area contributed by atoms with Crippen LogP contribution >= 0.6 is 22.9 Å². The van der Waals surface area contributed by atoms with E-state index in [4.69, 9.17) is 25.8 Å². The molecular weight excluding hydrogens is 302 g/mol. The molecule has 0 saturated heterocycles. The van der Waals surface area contributed by atoms with Gasteiger partial charge in [-0.15, -0.1) is 11.3 Å². The first-order valence-corrected chi connectivity index (χ1v) is 6.95. The van der Waals surface area contributed by atoms with E-state index in [2.05, 4.69) is 4.98 Å². The van der Waals surface area contributed by atoms with Crippen LogP contribution in [0.15, 0.2) is 12.1 Å². The van der Waals surface area contributed by atoms with Crippen molar-refractivity contribution in [3.05, 3.63) is 27.7 Å². The summed E-state index contributed by atoms with van der Waals surface area (Å²) in [6.07, 6.45) is 0. The number of aromatic nitrogens is 1. The maximum atomic E-state index is 11.6.